The van der Waals surface area contributed by atoms with Crippen molar-refractivity contribution in [3.05, 3.63) is 39.6 Å². The van der Waals surface area contributed by atoms with Crippen LogP contribution in [0.2, 0.25) is 5.02 Å². The van der Waals surface area contributed by atoms with Gasteiger partial charge in [0.1, 0.15) is 0 Å². The van der Waals surface area contributed by atoms with Crippen LogP contribution in [0.4, 0.5) is 11.6 Å². The summed E-state index contributed by atoms with van der Waals surface area (Å²) in [7, 11) is 0. The average molecular weight is 355 g/mol. The minimum atomic E-state index is 0.566. The Labute approximate surface area is 132 Å². The molecule has 0 spiro atoms. The third-order valence-corrected chi connectivity index (χ3v) is 4.67. The Bertz CT molecular complexity index is 618. The summed E-state index contributed by atoms with van der Waals surface area (Å²) in [6.07, 6.45) is 7.23. The van der Waals surface area contributed by atoms with Gasteiger partial charge in [0.25, 0.3) is 0 Å². The van der Waals surface area contributed by atoms with Crippen molar-refractivity contribution in [1.29, 1.82) is 0 Å². The molecule has 2 aromatic rings. The molecule has 1 aromatic heterocycles. The van der Waals surface area contributed by atoms with Crippen LogP contribution in [0.25, 0.3) is 0 Å². The Morgan fingerprint density at radius 1 is 1.35 bits per heavy atom. The van der Waals surface area contributed by atoms with Gasteiger partial charge in [-0.05, 0) is 53.9 Å². The number of aryl methyl sites for hydroxylation is 1. The van der Waals surface area contributed by atoms with E-state index in [-0.39, 0.29) is 0 Å². The first kappa shape index (κ1) is 14.0. The van der Waals surface area contributed by atoms with Gasteiger partial charge < -0.3 is 9.88 Å². The third-order valence-electron chi connectivity index (χ3n) is 3.75. The van der Waals surface area contributed by atoms with Crippen molar-refractivity contribution in [2.75, 3.05) is 5.32 Å². The maximum atomic E-state index is 6.07. The van der Waals surface area contributed by atoms with E-state index in [0.717, 1.165) is 21.8 Å². The largest absolute Gasteiger partial charge is 0.325 e. The van der Waals surface area contributed by atoms with Crippen molar-refractivity contribution in [2.45, 2.75) is 38.6 Å². The molecule has 0 amide bonds. The minimum absolute atomic E-state index is 0.566. The molecular weight excluding hydrogens is 338 g/mol. The number of nitrogens with one attached hydrogen (secondary N) is 1. The molecule has 0 bridgehead atoms. The zero-order valence-corrected chi connectivity index (χ0v) is 13.7. The minimum Gasteiger partial charge on any atom is -0.325 e. The highest BCUT2D eigenvalue weighted by Crippen LogP contribution is 2.34. The Morgan fingerprint density at radius 3 is 2.85 bits per heavy atom. The number of hydrogen-bond donors (Lipinski definition) is 1. The molecule has 1 N–H and O–H groups in total. The van der Waals surface area contributed by atoms with Crippen molar-refractivity contribution in [1.82, 2.24) is 9.55 Å². The lowest BCUT2D eigenvalue weighted by Gasteiger charge is -2.16. The zero-order chi connectivity index (χ0) is 14.1. The summed E-state index contributed by atoms with van der Waals surface area (Å²) >= 11 is 9.61. The fourth-order valence-electron chi connectivity index (χ4n) is 2.78. The van der Waals surface area contributed by atoms with Crippen LogP contribution >= 0.6 is 27.5 Å². The molecule has 0 radical (unpaired) electrons. The van der Waals surface area contributed by atoms with Gasteiger partial charge in [0.05, 0.1) is 11.4 Å². The maximum Gasteiger partial charge on any atom is 0.207 e. The highest BCUT2D eigenvalue weighted by Gasteiger charge is 2.20. The van der Waals surface area contributed by atoms with Crippen LogP contribution in [0.5, 0.6) is 0 Å². The number of imidazole rings is 1. The molecule has 3 nitrogen and oxygen atoms in total. The second kappa shape index (κ2) is 5.78. The van der Waals surface area contributed by atoms with Crippen molar-refractivity contribution in [3.63, 3.8) is 0 Å². The SMILES string of the molecule is Cc1cn(C2CCCC2)c(Nc2cc(Cl)ccc2Br)n1. The van der Waals surface area contributed by atoms with E-state index in [1.165, 1.54) is 25.7 Å². The quantitative estimate of drug-likeness (QED) is 0.792. The normalized spacial score (nSPS) is 15.8. The molecule has 0 atom stereocenters. The molecule has 3 rings (SSSR count). The van der Waals surface area contributed by atoms with Gasteiger partial charge in [-0.3, -0.25) is 0 Å². The van der Waals surface area contributed by atoms with Crippen LogP contribution in [0, 0.1) is 6.92 Å². The Balaban J connectivity index is 1.92. The predicted molar refractivity (Wildman–Crippen MR) is 86.9 cm³/mol. The Hall–Kier alpha value is -1.000. The number of halogens is 2. The smallest absolute Gasteiger partial charge is 0.207 e. The van der Waals surface area contributed by atoms with Gasteiger partial charge in [-0.25, -0.2) is 4.98 Å². The zero-order valence-electron chi connectivity index (χ0n) is 11.4. The molecule has 1 aliphatic carbocycles. The number of benzene rings is 1. The van der Waals surface area contributed by atoms with Crippen LogP contribution in [-0.2, 0) is 0 Å². The van der Waals surface area contributed by atoms with Crippen molar-refractivity contribution >= 4 is 39.2 Å². The van der Waals surface area contributed by atoms with Crippen molar-refractivity contribution < 1.29 is 0 Å². The molecule has 106 valence electrons. The number of hydrogen-bond acceptors (Lipinski definition) is 2. The van der Waals surface area contributed by atoms with E-state index in [1.807, 2.05) is 25.1 Å². The maximum absolute atomic E-state index is 6.07. The summed E-state index contributed by atoms with van der Waals surface area (Å²) in [5.41, 5.74) is 1.99. The lowest BCUT2D eigenvalue weighted by molar-refractivity contribution is 0.524. The average Bonchev–Trinajstić information content (AvgIpc) is 3.03. The van der Waals surface area contributed by atoms with Gasteiger partial charge >= 0.3 is 0 Å². The fraction of sp³-hybridized carbons (Fsp3) is 0.400. The van der Waals surface area contributed by atoms with Crippen LogP contribution in [0.3, 0.4) is 0 Å². The summed E-state index contributed by atoms with van der Waals surface area (Å²) in [6, 6.07) is 6.29. The first-order chi connectivity index (χ1) is 9.63. The topological polar surface area (TPSA) is 29.9 Å². The first-order valence-corrected chi connectivity index (χ1v) is 8.08. The molecule has 1 saturated carbocycles. The predicted octanol–water partition coefficient (Wildman–Crippen LogP) is 5.47. The number of rotatable bonds is 3. The van der Waals surface area contributed by atoms with E-state index in [4.69, 9.17) is 11.6 Å². The van der Waals surface area contributed by atoms with Gasteiger partial charge in [-0.2, -0.15) is 0 Å². The van der Waals surface area contributed by atoms with Crippen LogP contribution in [0.15, 0.2) is 28.9 Å². The van der Waals surface area contributed by atoms with Gasteiger partial charge in [0.15, 0.2) is 0 Å². The van der Waals surface area contributed by atoms with Crippen molar-refractivity contribution in [3.8, 4) is 0 Å². The molecule has 0 aliphatic heterocycles. The van der Waals surface area contributed by atoms with Gasteiger partial charge in [-0.1, -0.05) is 24.4 Å². The molecule has 20 heavy (non-hydrogen) atoms. The van der Waals surface area contributed by atoms with Gasteiger partial charge in [-0.15, -0.1) is 0 Å². The van der Waals surface area contributed by atoms with Crippen LogP contribution in [0.1, 0.15) is 37.4 Å². The molecule has 1 heterocycles. The second-order valence-corrected chi connectivity index (χ2v) is 6.59. The van der Waals surface area contributed by atoms with E-state index >= 15 is 0 Å². The molecule has 0 unspecified atom stereocenters. The summed E-state index contributed by atoms with van der Waals surface area (Å²) in [4.78, 5) is 4.61. The first-order valence-electron chi connectivity index (χ1n) is 6.91. The summed E-state index contributed by atoms with van der Waals surface area (Å²) < 4.78 is 3.26. The number of nitrogens with zero attached hydrogens (tertiary/aromatic N) is 2. The Kier molecular flexibility index (Phi) is 4.03. The molecule has 5 heteroatoms. The van der Waals surface area contributed by atoms with Crippen molar-refractivity contribution in [2.24, 2.45) is 0 Å². The van der Waals surface area contributed by atoms with Gasteiger partial charge in [0, 0.05) is 21.7 Å². The summed E-state index contributed by atoms with van der Waals surface area (Å²) in [6.45, 7) is 2.03. The number of anilines is 2. The monoisotopic (exact) mass is 353 g/mol. The lowest BCUT2D eigenvalue weighted by atomic mass is 10.2. The summed E-state index contributed by atoms with van der Waals surface area (Å²) in [5.74, 6) is 0.900. The highest BCUT2D eigenvalue weighted by molar-refractivity contribution is 9.10. The molecule has 1 aliphatic rings. The van der Waals surface area contributed by atoms with E-state index in [0.29, 0.717) is 11.1 Å². The standard InChI is InChI=1S/C15H17BrClN3/c1-10-9-20(12-4-2-3-5-12)15(18-10)19-14-8-11(17)6-7-13(14)16/h6-9,12H,2-5H2,1H3,(H,18,19). The molecular formula is C15H17BrClN3. The number of aromatic nitrogens is 2. The second-order valence-electron chi connectivity index (χ2n) is 5.30. The highest BCUT2D eigenvalue weighted by atomic mass is 79.9. The van der Waals surface area contributed by atoms with E-state index in [9.17, 15) is 0 Å². The molecule has 1 aromatic carbocycles. The summed E-state index contributed by atoms with van der Waals surface area (Å²) in [5, 5.41) is 4.11. The Morgan fingerprint density at radius 2 is 2.10 bits per heavy atom. The van der Waals surface area contributed by atoms with Crippen LogP contribution < -0.4 is 5.32 Å². The van der Waals surface area contributed by atoms with E-state index in [1.54, 1.807) is 0 Å². The van der Waals surface area contributed by atoms with Gasteiger partial charge in [0.2, 0.25) is 5.95 Å². The molecule has 0 saturated heterocycles. The van der Waals surface area contributed by atoms with E-state index in [2.05, 4.69) is 37.0 Å². The molecule has 1 fully saturated rings. The van der Waals surface area contributed by atoms with Crippen LogP contribution in [-0.4, -0.2) is 9.55 Å². The third kappa shape index (κ3) is 2.86. The lowest BCUT2D eigenvalue weighted by Crippen LogP contribution is -2.08. The fourth-order valence-corrected chi connectivity index (χ4v) is 3.30. The van der Waals surface area contributed by atoms with E-state index < -0.39 is 0 Å².